The molecule has 2 heterocycles. The Hall–Kier alpha value is -2.16. The largest absolute Gasteiger partial charge is 0.374 e. The zero-order valence-electron chi connectivity index (χ0n) is 12.1. The number of nitrogens with zero attached hydrogens (tertiary/aromatic N) is 5. The molecule has 0 bridgehead atoms. The van der Waals surface area contributed by atoms with Crippen molar-refractivity contribution in [3.63, 3.8) is 0 Å². The molecule has 0 aliphatic rings. The number of anilines is 1. The highest BCUT2D eigenvalue weighted by Gasteiger charge is 2.17. The molecule has 2 aromatic rings. The predicted molar refractivity (Wildman–Crippen MR) is 80.7 cm³/mol. The van der Waals surface area contributed by atoms with Crippen LogP contribution in [-0.4, -0.2) is 44.0 Å². The Morgan fingerprint density at radius 1 is 1.57 bits per heavy atom. The lowest BCUT2D eigenvalue weighted by atomic mass is 10.3. The van der Waals surface area contributed by atoms with E-state index in [2.05, 4.69) is 20.6 Å². The number of amides is 2. The number of urea groups is 1. The maximum atomic E-state index is 12.2. The number of hydrogen-bond donors (Lipinski definition) is 2. The Kier molecular flexibility index (Phi) is 5.09. The first kappa shape index (κ1) is 15.2. The number of hydrogen-bond acceptors (Lipinski definition) is 6. The molecule has 0 aliphatic carbocycles. The average molecular weight is 309 g/mol. The van der Waals surface area contributed by atoms with Gasteiger partial charge in [-0.25, -0.2) is 4.79 Å². The van der Waals surface area contributed by atoms with E-state index < -0.39 is 0 Å². The van der Waals surface area contributed by atoms with Crippen LogP contribution in [0.3, 0.4) is 0 Å². The third kappa shape index (κ3) is 4.15. The maximum Gasteiger partial charge on any atom is 0.318 e. The van der Waals surface area contributed by atoms with Crippen LogP contribution in [0.25, 0.3) is 0 Å². The first-order valence-electron chi connectivity index (χ1n) is 6.72. The molecule has 9 heteroatoms. The van der Waals surface area contributed by atoms with Crippen LogP contribution >= 0.6 is 11.3 Å². The van der Waals surface area contributed by atoms with Gasteiger partial charge in [-0.15, -0.1) is 10.2 Å². The van der Waals surface area contributed by atoms with Crippen LogP contribution in [0.15, 0.2) is 18.5 Å². The van der Waals surface area contributed by atoms with Gasteiger partial charge in [-0.05, 0) is 19.9 Å². The van der Waals surface area contributed by atoms with Crippen molar-refractivity contribution in [2.24, 2.45) is 0 Å². The molecule has 0 unspecified atom stereocenters. The van der Waals surface area contributed by atoms with Crippen molar-refractivity contribution in [3.8, 4) is 0 Å². The molecule has 2 aromatic heterocycles. The number of rotatable bonds is 6. The molecule has 0 saturated heterocycles. The molecule has 1 atom stereocenters. The van der Waals surface area contributed by atoms with E-state index in [4.69, 9.17) is 5.73 Å². The lowest BCUT2D eigenvalue weighted by Gasteiger charge is -2.23. The Morgan fingerprint density at radius 2 is 2.38 bits per heavy atom. The van der Waals surface area contributed by atoms with Crippen molar-refractivity contribution in [1.82, 2.24) is 30.2 Å². The first-order chi connectivity index (χ1) is 10.1. The van der Waals surface area contributed by atoms with E-state index in [0.29, 0.717) is 29.8 Å². The van der Waals surface area contributed by atoms with E-state index in [1.54, 1.807) is 15.8 Å². The quantitative estimate of drug-likeness (QED) is 0.832. The van der Waals surface area contributed by atoms with Crippen LogP contribution in [0.5, 0.6) is 0 Å². The summed E-state index contributed by atoms with van der Waals surface area (Å²) in [5, 5.41) is 15.8. The second-order valence-electron chi connectivity index (χ2n) is 4.50. The van der Waals surface area contributed by atoms with Crippen LogP contribution in [0.1, 0.15) is 24.9 Å². The molecule has 0 spiro atoms. The van der Waals surface area contributed by atoms with Crippen molar-refractivity contribution >= 4 is 22.5 Å². The molecule has 0 aliphatic heterocycles. The van der Waals surface area contributed by atoms with E-state index >= 15 is 0 Å². The summed E-state index contributed by atoms with van der Waals surface area (Å²) in [6.45, 7) is 5.68. The summed E-state index contributed by atoms with van der Waals surface area (Å²) in [4.78, 5) is 14.0. The van der Waals surface area contributed by atoms with Crippen LogP contribution in [0.4, 0.5) is 9.93 Å². The molecule has 0 aromatic carbocycles. The molecule has 2 amide bonds. The normalized spacial score (nSPS) is 12.1. The molecule has 0 saturated carbocycles. The van der Waals surface area contributed by atoms with Crippen molar-refractivity contribution in [2.45, 2.75) is 26.4 Å². The van der Waals surface area contributed by atoms with Gasteiger partial charge in [0, 0.05) is 25.5 Å². The number of likely N-dealkylation sites (N-methyl/N-ethyl adjacent to an activating group) is 1. The van der Waals surface area contributed by atoms with E-state index in [1.807, 2.05) is 26.1 Å². The minimum atomic E-state index is -0.217. The minimum absolute atomic E-state index is 0.133. The van der Waals surface area contributed by atoms with Gasteiger partial charge >= 0.3 is 6.03 Å². The molecule has 114 valence electrons. The third-order valence-corrected chi connectivity index (χ3v) is 3.93. The highest BCUT2D eigenvalue weighted by Crippen LogP contribution is 2.18. The Morgan fingerprint density at radius 3 is 2.95 bits per heavy atom. The van der Waals surface area contributed by atoms with Crippen LogP contribution < -0.4 is 11.1 Å². The summed E-state index contributed by atoms with van der Waals surface area (Å²) in [6.07, 6.45) is 3.59. The zero-order valence-corrected chi connectivity index (χ0v) is 12.9. The number of carbonyl (C=O) groups excluding carboxylic acids is 1. The Bertz CT molecular complexity index is 568. The fourth-order valence-electron chi connectivity index (χ4n) is 1.82. The molecule has 0 fully saturated rings. The number of carbonyl (C=O) groups is 1. The fraction of sp³-hybridized carbons (Fsp3) is 0.500. The number of nitrogen functional groups attached to an aromatic ring is 1. The number of nitrogens with one attached hydrogen (secondary N) is 1. The van der Waals surface area contributed by atoms with E-state index in [-0.39, 0.29) is 12.1 Å². The third-order valence-electron chi connectivity index (χ3n) is 2.99. The summed E-state index contributed by atoms with van der Waals surface area (Å²) in [7, 11) is 0. The van der Waals surface area contributed by atoms with Gasteiger partial charge < -0.3 is 16.0 Å². The van der Waals surface area contributed by atoms with Crippen molar-refractivity contribution < 1.29 is 4.79 Å². The fourth-order valence-corrected chi connectivity index (χ4v) is 2.43. The average Bonchev–Trinajstić information content (AvgIpc) is 3.10. The van der Waals surface area contributed by atoms with E-state index in [9.17, 15) is 4.79 Å². The zero-order chi connectivity index (χ0) is 15.2. The van der Waals surface area contributed by atoms with Crippen molar-refractivity contribution in [3.05, 3.63) is 23.5 Å². The molecule has 2 rings (SSSR count). The van der Waals surface area contributed by atoms with E-state index in [1.165, 1.54) is 11.3 Å². The van der Waals surface area contributed by atoms with Gasteiger partial charge in [-0.2, -0.15) is 5.10 Å². The van der Waals surface area contributed by atoms with E-state index in [0.717, 1.165) is 0 Å². The topological polar surface area (TPSA) is 102 Å². The predicted octanol–water partition coefficient (Wildman–Crippen LogP) is 1.11. The van der Waals surface area contributed by atoms with Gasteiger partial charge in [0.05, 0.1) is 12.6 Å². The SMILES string of the molecule is CCN(CCn1cccn1)C(=O)N[C@@H](C)c1nnc(N)s1. The molecule has 8 nitrogen and oxygen atoms in total. The first-order valence-corrected chi connectivity index (χ1v) is 7.53. The standard InChI is InChI=1S/C12H19N7OS/c1-3-18(7-8-19-6-4-5-14-19)12(20)15-9(2)10-16-17-11(13)21-10/h4-6,9H,3,7-8H2,1-2H3,(H2,13,17)(H,15,20)/t9-/m0/s1. The molecular weight excluding hydrogens is 290 g/mol. The number of aromatic nitrogens is 4. The lowest BCUT2D eigenvalue weighted by Crippen LogP contribution is -2.42. The minimum Gasteiger partial charge on any atom is -0.374 e. The van der Waals surface area contributed by atoms with Gasteiger partial charge in [0.1, 0.15) is 5.01 Å². The van der Waals surface area contributed by atoms with Crippen molar-refractivity contribution in [2.75, 3.05) is 18.8 Å². The molecule has 3 N–H and O–H groups in total. The van der Waals surface area contributed by atoms with Crippen molar-refractivity contribution in [1.29, 1.82) is 0 Å². The second-order valence-corrected chi connectivity index (χ2v) is 5.54. The monoisotopic (exact) mass is 309 g/mol. The molecular formula is C12H19N7OS. The Labute approximate surface area is 127 Å². The van der Waals surface area contributed by atoms with Crippen LogP contribution in [0, 0.1) is 0 Å². The summed E-state index contributed by atoms with van der Waals surface area (Å²) in [5.74, 6) is 0. The van der Waals surface area contributed by atoms with Crippen LogP contribution in [-0.2, 0) is 6.54 Å². The highest BCUT2D eigenvalue weighted by atomic mass is 32.1. The summed E-state index contributed by atoms with van der Waals surface area (Å²) in [5.41, 5.74) is 5.55. The lowest BCUT2D eigenvalue weighted by molar-refractivity contribution is 0.194. The van der Waals surface area contributed by atoms with Crippen LogP contribution in [0.2, 0.25) is 0 Å². The van der Waals surface area contributed by atoms with Gasteiger partial charge in [-0.1, -0.05) is 11.3 Å². The van der Waals surface area contributed by atoms with Gasteiger partial charge in [0.15, 0.2) is 0 Å². The number of nitrogens with two attached hydrogens (primary N) is 1. The Balaban J connectivity index is 1.87. The van der Waals surface area contributed by atoms with Gasteiger partial charge in [0.2, 0.25) is 5.13 Å². The maximum absolute atomic E-state index is 12.2. The second kappa shape index (κ2) is 7.02. The summed E-state index contributed by atoms with van der Waals surface area (Å²) >= 11 is 1.28. The van der Waals surface area contributed by atoms with Gasteiger partial charge in [0.25, 0.3) is 0 Å². The summed E-state index contributed by atoms with van der Waals surface area (Å²) in [6, 6.07) is 1.51. The molecule has 0 radical (unpaired) electrons. The van der Waals surface area contributed by atoms with Gasteiger partial charge in [-0.3, -0.25) is 4.68 Å². The highest BCUT2D eigenvalue weighted by molar-refractivity contribution is 7.15. The smallest absolute Gasteiger partial charge is 0.318 e. The molecule has 21 heavy (non-hydrogen) atoms. The summed E-state index contributed by atoms with van der Waals surface area (Å²) < 4.78 is 1.80.